The second-order valence-corrected chi connectivity index (χ2v) is 5.60. The van der Waals surface area contributed by atoms with Gasteiger partial charge in [-0.15, -0.1) is 0 Å². The van der Waals surface area contributed by atoms with Crippen LogP contribution in [-0.4, -0.2) is 43.3 Å². The number of nitrogens with two attached hydrogens (primary N) is 1. The van der Waals surface area contributed by atoms with Crippen LogP contribution in [0.4, 0.5) is 0 Å². The highest BCUT2D eigenvalue weighted by Gasteiger charge is 2.32. The first kappa shape index (κ1) is 17.9. The van der Waals surface area contributed by atoms with Crippen molar-refractivity contribution in [2.45, 2.75) is 71.4 Å². The summed E-state index contributed by atoms with van der Waals surface area (Å²) in [5, 5.41) is 0. The molecule has 0 rings (SSSR count). The number of likely N-dealkylation sites (N-methyl/N-ethyl adjacent to an activating group) is 1. The Morgan fingerprint density at radius 3 is 2.33 bits per heavy atom. The molecule has 0 heterocycles. The van der Waals surface area contributed by atoms with E-state index in [1.807, 2.05) is 0 Å². The summed E-state index contributed by atoms with van der Waals surface area (Å²) in [6.45, 7) is 11.5. The first-order valence-corrected chi connectivity index (χ1v) is 7.51. The number of methoxy groups -OCH3 is 1. The Labute approximate surface area is 114 Å². The van der Waals surface area contributed by atoms with E-state index < -0.39 is 0 Å². The van der Waals surface area contributed by atoms with Crippen LogP contribution in [0.15, 0.2) is 0 Å². The molecule has 0 aromatic carbocycles. The predicted molar refractivity (Wildman–Crippen MR) is 79.9 cm³/mol. The van der Waals surface area contributed by atoms with E-state index in [4.69, 9.17) is 10.5 Å². The molecule has 0 spiro atoms. The molecule has 18 heavy (non-hydrogen) atoms. The average Bonchev–Trinajstić information content (AvgIpc) is 2.36. The molecule has 0 aliphatic heterocycles. The van der Waals surface area contributed by atoms with Crippen LogP contribution in [-0.2, 0) is 4.74 Å². The van der Waals surface area contributed by atoms with Gasteiger partial charge >= 0.3 is 0 Å². The van der Waals surface area contributed by atoms with E-state index in [1.165, 1.54) is 32.1 Å². The standard InChI is InChI=1S/C15H34N2O/c1-6-8-9-10-11-15(4,13-16)17(7-2)14(3)12-18-5/h14H,6-13,16H2,1-5H3. The maximum Gasteiger partial charge on any atom is 0.0615 e. The largest absolute Gasteiger partial charge is 0.383 e. The summed E-state index contributed by atoms with van der Waals surface area (Å²) < 4.78 is 5.29. The summed E-state index contributed by atoms with van der Waals surface area (Å²) in [4.78, 5) is 2.50. The van der Waals surface area contributed by atoms with Gasteiger partial charge in [-0.3, -0.25) is 4.90 Å². The highest BCUT2D eigenvalue weighted by molar-refractivity contribution is 4.89. The summed E-state index contributed by atoms with van der Waals surface area (Å²) >= 11 is 0. The van der Waals surface area contributed by atoms with E-state index in [2.05, 4.69) is 32.6 Å². The molecule has 0 aromatic heterocycles. The van der Waals surface area contributed by atoms with E-state index in [1.54, 1.807) is 7.11 Å². The Kier molecular flexibility index (Phi) is 9.70. The van der Waals surface area contributed by atoms with Gasteiger partial charge in [0.15, 0.2) is 0 Å². The Bertz CT molecular complexity index is 199. The van der Waals surface area contributed by atoms with Crippen molar-refractivity contribution in [1.29, 1.82) is 0 Å². The molecule has 3 heteroatoms. The van der Waals surface area contributed by atoms with Gasteiger partial charge in [0.05, 0.1) is 6.61 Å². The maximum atomic E-state index is 6.05. The molecule has 2 N–H and O–H groups in total. The minimum atomic E-state index is 0.112. The zero-order valence-electron chi connectivity index (χ0n) is 13.2. The van der Waals surface area contributed by atoms with Crippen LogP contribution < -0.4 is 5.73 Å². The van der Waals surface area contributed by atoms with Crippen molar-refractivity contribution < 1.29 is 4.74 Å². The highest BCUT2D eigenvalue weighted by atomic mass is 16.5. The van der Waals surface area contributed by atoms with Crippen molar-refractivity contribution in [1.82, 2.24) is 4.90 Å². The minimum absolute atomic E-state index is 0.112. The fraction of sp³-hybridized carbons (Fsp3) is 1.00. The molecule has 0 saturated carbocycles. The normalized spacial score (nSPS) is 16.8. The van der Waals surface area contributed by atoms with E-state index in [0.717, 1.165) is 19.7 Å². The first-order chi connectivity index (χ1) is 8.55. The second kappa shape index (κ2) is 9.76. The van der Waals surface area contributed by atoms with Crippen molar-refractivity contribution in [3.63, 3.8) is 0 Å². The maximum absolute atomic E-state index is 6.05. The summed E-state index contributed by atoms with van der Waals surface area (Å²) in [6, 6.07) is 0.430. The molecule has 0 radical (unpaired) electrons. The SMILES string of the molecule is CCCCCCC(C)(CN)N(CC)C(C)COC. The molecule has 110 valence electrons. The van der Waals surface area contributed by atoms with Crippen LogP contribution in [0.25, 0.3) is 0 Å². The quantitative estimate of drug-likeness (QED) is 0.579. The topological polar surface area (TPSA) is 38.5 Å². The van der Waals surface area contributed by atoms with Gasteiger partial charge in [-0.05, 0) is 26.8 Å². The summed E-state index contributed by atoms with van der Waals surface area (Å²) in [5.41, 5.74) is 6.16. The third kappa shape index (κ3) is 5.68. The van der Waals surface area contributed by atoms with Crippen LogP contribution in [0.1, 0.15) is 59.8 Å². The lowest BCUT2D eigenvalue weighted by Crippen LogP contribution is -2.56. The van der Waals surface area contributed by atoms with Gasteiger partial charge in [0.25, 0.3) is 0 Å². The number of hydrogen-bond acceptors (Lipinski definition) is 3. The third-order valence-corrected chi connectivity index (χ3v) is 3.98. The summed E-state index contributed by atoms with van der Waals surface area (Å²) in [7, 11) is 1.77. The fourth-order valence-corrected chi connectivity index (χ4v) is 2.85. The van der Waals surface area contributed by atoms with Crippen LogP contribution in [0, 0.1) is 0 Å². The van der Waals surface area contributed by atoms with Gasteiger partial charge in [0, 0.05) is 25.2 Å². The van der Waals surface area contributed by atoms with Crippen molar-refractivity contribution in [3.05, 3.63) is 0 Å². The van der Waals surface area contributed by atoms with Crippen molar-refractivity contribution >= 4 is 0 Å². The molecule has 0 fully saturated rings. The lowest BCUT2D eigenvalue weighted by molar-refractivity contribution is 0.0236. The van der Waals surface area contributed by atoms with Gasteiger partial charge in [0.1, 0.15) is 0 Å². The van der Waals surface area contributed by atoms with Crippen LogP contribution >= 0.6 is 0 Å². The smallest absolute Gasteiger partial charge is 0.0615 e. The fourth-order valence-electron chi connectivity index (χ4n) is 2.85. The monoisotopic (exact) mass is 258 g/mol. The number of unbranched alkanes of at least 4 members (excludes halogenated alkanes) is 3. The van der Waals surface area contributed by atoms with Crippen LogP contribution in [0.3, 0.4) is 0 Å². The molecule has 0 saturated heterocycles. The number of ether oxygens (including phenoxy) is 1. The zero-order valence-corrected chi connectivity index (χ0v) is 13.2. The van der Waals surface area contributed by atoms with Gasteiger partial charge in [-0.1, -0.05) is 39.5 Å². The van der Waals surface area contributed by atoms with Crippen molar-refractivity contribution in [2.75, 3.05) is 26.8 Å². The summed E-state index contributed by atoms with van der Waals surface area (Å²) in [6.07, 6.45) is 6.41. The molecule has 0 amide bonds. The van der Waals surface area contributed by atoms with Gasteiger partial charge in [0.2, 0.25) is 0 Å². The Morgan fingerprint density at radius 1 is 1.22 bits per heavy atom. The average molecular weight is 258 g/mol. The Hall–Kier alpha value is -0.120. The third-order valence-electron chi connectivity index (χ3n) is 3.98. The molecule has 0 bridgehead atoms. The molecule has 3 nitrogen and oxygen atoms in total. The van der Waals surface area contributed by atoms with E-state index >= 15 is 0 Å². The molecule has 0 aliphatic rings. The summed E-state index contributed by atoms with van der Waals surface area (Å²) in [5.74, 6) is 0. The first-order valence-electron chi connectivity index (χ1n) is 7.51. The van der Waals surface area contributed by atoms with Crippen LogP contribution in [0.2, 0.25) is 0 Å². The molecule has 0 aromatic rings. The Balaban J connectivity index is 4.45. The lowest BCUT2D eigenvalue weighted by Gasteiger charge is -2.44. The van der Waals surface area contributed by atoms with Crippen molar-refractivity contribution in [3.8, 4) is 0 Å². The second-order valence-electron chi connectivity index (χ2n) is 5.60. The van der Waals surface area contributed by atoms with Crippen LogP contribution in [0.5, 0.6) is 0 Å². The molecule has 2 unspecified atom stereocenters. The van der Waals surface area contributed by atoms with Gasteiger partial charge in [-0.25, -0.2) is 0 Å². The molecule has 2 atom stereocenters. The number of nitrogens with zero attached hydrogens (tertiary/aromatic N) is 1. The van der Waals surface area contributed by atoms with E-state index in [9.17, 15) is 0 Å². The van der Waals surface area contributed by atoms with E-state index in [0.29, 0.717) is 6.04 Å². The minimum Gasteiger partial charge on any atom is -0.383 e. The molecule has 0 aliphatic carbocycles. The van der Waals surface area contributed by atoms with Gasteiger partial charge < -0.3 is 10.5 Å². The number of hydrogen-bond donors (Lipinski definition) is 1. The lowest BCUT2D eigenvalue weighted by atomic mass is 9.90. The Morgan fingerprint density at radius 2 is 1.89 bits per heavy atom. The van der Waals surface area contributed by atoms with E-state index in [-0.39, 0.29) is 5.54 Å². The highest BCUT2D eigenvalue weighted by Crippen LogP contribution is 2.24. The zero-order chi connectivity index (χ0) is 14.0. The van der Waals surface area contributed by atoms with Gasteiger partial charge in [-0.2, -0.15) is 0 Å². The van der Waals surface area contributed by atoms with Crippen molar-refractivity contribution in [2.24, 2.45) is 5.73 Å². The molecular formula is C15H34N2O. The predicted octanol–water partition coefficient (Wildman–Crippen LogP) is 3.03. The number of rotatable bonds is 11. The molecular weight excluding hydrogens is 224 g/mol.